The van der Waals surface area contributed by atoms with Gasteiger partial charge in [-0.2, -0.15) is 6.21 Å². The molecule has 1 amide bonds. The Morgan fingerprint density at radius 1 is 1.41 bits per heavy atom. The summed E-state index contributed by atoms with van der Waals surface area (Å²) >= 11 is 0. The number of amides is 1. The van der Waals surface area contributed by atoms with Gasteiger partial charge in [0.2, 0.25) is 5.91 Å². The number of carbonyl (C=O) groups excluding carboxylic acids is 1. The molecule has 1 N–H and O–H groups in total. The second-order valence-electron chi connectivity index (χ2n) is 5.15. The topological polar surface area (TPSA) is 47.9 Å². The molecule has 0 aromatic heterocycles. The van der Waals surface area contributed by atoms with Crippen molar-refractivity contribution >= 4 is 17.8 Å². The Morgan fingerprint density at radius 2 is 2.18 bits per heavy atom. The van der Waals surface area contributed by atoms with Crippen LogP contribution in [0.5, 0.6) is 0 Å². The van der Waals surface area contributed by atoms with Gasteiger partial charge < -0.3 is 15.2 Å². The predicted molar refractivity (Wildman–Crippen MR) is 84.4 cm³/mol. The second-order valence-corrected chi connectivity index (χ2v) is 5.15. The normalized spacial score (nSPS) is 16.5. The largest absolute Gasteiger partial charge is 3.00 e. The van der Waals surface area contributed by atoms with E-state index < -0.39 is 0 Å². The van der Waals surface area contributed by atoms with Gasteiger partial charge in [0.1, 0.15) is 0 Å². The quantitative estimate of drug-likeness (QED) is 0.811. The van der Waals surface area contributed by atoms with E-state index in [9.17, 15) is 4.79 Å². The Morgan fingerprint density at radius 3 is 2.82 bits per heavy atom. The Labute approximate surface area is 158 Å². The standard InChI is InChI=1S/C8H16N3O.C8H6N.Y/c1-9-8(12)3-4-11-6-5-10(2)7-11;1-2-4-8-7(3-1)5-6-9-8;/h2-7H2,1H3,(H,9,12);1-4H,5H2;/q2*-1;+3. The van der Waals surface area contributed by atoms with E-state index in [1.807, 2.05) is 23.1 Å². The fourth-order valence-corrected chi connectivity index (χ4v) is 2.25. The number of benzene rings is 1. The van der Waals surface area contributed by atoms with Crippen LogP contribution in [0.15, 0.2) is 29.3 Å². The number of carbonyl (C=O) groups is 1. The number of fused-ring (bicyclic) bond motifs is 1. The molecule has 5 nitrogen and oxygen atoms in total. The Kier molecular flexibility index (Phi) is 9.02. The molecule has 1 aromatic rings. The molecule has 1 aromatic carbocycles. The van der Waals surface area contributed by atoms with Crippen molar-refractivity contribution in [3.05, 3.63) is 36.9 Å². The van der Waals surface area contributed by atoms with Crippen molar-refractivity contribution < 1.29 is 37.5 Å². The van der Waals surface area contributed by atoms with Crippen LogP contribution in [0.4, 0.5) is 5.69 Å². The van der Waals surface area contributed by atoms with Gasteiger partial charge in [0.15, 0.2) is 0 Å². The van der Waals surface area contributed by atoms with Crippen LogP contribution in [-0.4, -0.2) is 55.3 Å². The molecule has 0 aliphatic carbocycles. The van der Waals surface area contributed by atoms with Crippen LogP contribution in [-0.2, 0) is 43.9 Å². The Balaban J connectivity index is 0.000000217. The number of nitrogens with zero attached hydrogens (tertiary/aromatic N) is 3. The number of hydrogen-bond acceptors (Lipinski definition) is 4. The summed E-state index contributed by atoms with van der Waals surface area (Å²) in [6.07, 6.45) is 4.39. The van der Waals surface area contributed by atoms with Gasteiger partial charge in [-0.25, -0.2) is 0 Å². The first kappa shape index (κ1) is 19.4. The maximum Gasteiger partial charge on any atom is 3.00 e. The molecule has 2 heterocycles. The molecular weight excluding hydrogens is 353 g/mol. The van der Waals surface area contributed by atoms with Gasteiger partial charge in [-0.05, 0) is 6.54 Å². The number of para-hydroxylation sites is 1. The molecule has 0 atom stereocenters. The summed E-state index contributed by atoms with van der Waals surface area (Å²) < 4.78 is 0. The fraction of sp³-hybridized carbons (Fsp3) is 0.438. The van der Waals surface area contributed by atoms with E-state index in [2.05, 4.69) is 34.5 Å². The van der Waals surface area contributed by atoms with E-state index >= 15 is 0 Å². The number of rotatable bonds is 3. The van der Waals surface area contributed by atoms with Crippen LogP contribution in [0, 0.1) is 7.05 Å². The first-order chi connectivity index (χ1) is 10.2. The maximum absolute atomic E-state index is 10.9. The molecular formula is C16H22N4OY+. The minimum absolute atomic E-state index is 0. The maximum atomic E-state index is 10.9. The summed E-state index contributed by atoms with van der Waals surface area (Å²) in [5, 5.41) is 2.61. The number of nitrogens with one attached hydrogen (secondary N) is 1. The molecule has 0 saturated carbocycles. The molecule has 0 unspecified atom stereocenters. The van der Waals surface area contributed by atoms with Crippen molar-refractivity contribution in [1.82, 2.24) is 15.1 Å². The average Bonchev–Trinajstić information content (AvgIpc) is 3.14. The zero-order valence-corrected chi connectivity index (χ0v) is 15.9. The fourth-order valence-electron chi connectivity index (χ4n) is 2.25. The van der Waals surface area contributed by atoms with Gasteiger partial charge in [-0.3, -0.25) is 16.7 Å². The first-order valence-corrected chi connectivity index (χ1v) is 7.19. The minimum Gasteiger partial charge on any atom is -0.456 e. The molecule has 1 saturated heterocycles. The Bertz CT molecular complexity index is 507. The third kappa shape index (κ3) is 6.25. The van der Waals surface area contributed by atoms with Crippen LogP contribution in [0.2, 0.25) is 0 Å². The number of hydrogen-bond donors (Lipinski definition) is 1. The molecule has 2 aliphatic rings. The van der Waals surface area contributed by atoms with Crippen molar-refractivity contribution in [2.45, 2.75) is 12.8 Å². The zero-order chi connectivity index (χ0) is 15.1. The van der Waals surface area contributed by atoms with E-state index in [1.165, 1.54) is 5.56 Å². The summed E-state index contributed by atoms with van der Waals surface area (Å²) in [6.45, 7) is 3.76. The van der Waals surface area contributed by atoms with E-state index in [0.29, 0.717) is 6.42 Å². The summed E-state index contributed by atoms with van der Waals surface area (Å²) in [5.74, 6) is 0.109. The second kappa shape index (κ2) is 10.2. The van der Waals surface area contributed by atoms with Crippen molar-refractivity contribution in [3.63, 3.8) is 0 Å². The number of aliphatic imine (C=N–C) groups is 1. The van der Waals surface area contributed by atoms with E-state index in [1.54, 1.807) is 7.05 Å². The molecule has 3 rings (SSSR count). The summed E-state index contributed by atoms with van der Waals surface area (Å²) in [5.41, 5.74) is 2.37. The third-order valence-corrected chi connectivity index (χ3v) is 3.53. The van der Waals surface area contributed by atoms with Crippen molar-refractivity contribution in [1.29, 1.82) is 0 Å². The molecule has 6 heteroatoms. The van der Waals surface area contributed by atoms with Gasteiger partial charge >= 0.3 is 32.7 Å². The van der Waals surface area contributed by atoms with E-state index in [-0.39, 0.29) is 38.6 Å². The van der Waals surface area contributed by atoms with E-state index in [0.717, 1.165) is 38.4 Å². The molecule has 0 bridgehead atoms. The van der Waals surface area contributed by atoms with Crippen LogP contribution in [0.1, 0.15) is 12.0 Å². The monoisotopic (exact) mass is 375 g/mol. The molecule has 0 radical (unpaired) electrons. The first-order valence-electron chi connectivity index (χ1n) is 7.19. The summed E-state index contributed by atoms with van der Waals surface area (Å²) in [7, 11) is 5.49. The van der Waals surface area contributed by atoms with Crippen molar-refractivity contribution in [3.8, 4) is 0 Å². The minimum atomic E-state index is 0. The van der Waals surface area contributed by atoms with E-state index in [4.69, 9.17) is 0 Å². The molecule has 114 valence electrons. The van der Waals surface area contributed by atoms with Crippen LogP contribution in [0.25, 0.3) is 0 Å². The third-order valence-electron chi connectivity index (χ3n) is 3.53. The molecule has 1 fully saturated rings. The SMILES string of the molecule is [C-]1=Nc2ccccc2C1.[CH2-]N1CCN(CCC(=O)NC)C1.[Y+3]. The van der Waals surface area contributed by atoms with Gasteiger partial charge in [0.25, 0.3) is 0 Å². The molecule has 22 heavy (non-hydrogen) atoms. The van der Waals surface area contributed by atoms with Crippen LogP contribution >= 0.6 is 0 Å². The van der Waals surface area contributed by atoms with Crippen LogP contribution < -0.4 is 5.32 Å². The average molecular weight is 375 g/mol. The summed E-state index contributed by atoms with van der Waals surface area (Å²) in [4.78, 5) is 19.2. The molecule has 0 spiro atoms. The van der Waals surface area contributed by atoms with Crippen molar-refractivity contribution in [2.24, 2.45) is 4.99 Å². The smallest absolute Gasteiger partial charge is 0.456 e. The Hall–Kier alpha value is -0.616. The van der Waals surface area contributed by atoms with Crippen molar-refractivity contribution in [2.75, 3.05) is 33.4 Å². The van der Waals surface area contributed by atoms with Gasteiger partial charge in [-0.15, -0.1) is 11.6 Å². The van der Waals surface area contributed by atoms with Gasteiger partial charge in [0, 0.05) is 33.2 Å². The van der Waals surface area contributed by atoms with Gasteiger partial charge in [-0.1, -0.05) is 30.3 Å². The van der Waals surface area contributed by atoms with Gasteiger partial charge in [0.05, 0.1) is 0 Å². The predicted octanol–water partition coefficient (Wildman–Crippen LogP) is 1.31. The zero-order valence-electron chi connectivity index (χ0n) is 13.1. The van der Waals surface area contributed by atoms with Crippen LogP contribution in [0.3, 0.4) is 0 Å². The summed E-state index contributed by atoms with van der Waals surface area (Å²) in [6, 6.07) is 8.12. The molecule has 2 aliphatic heterocycles.